The molecule has 4 heteroatoms. The Bertz CT molecular complexity index is 259. The van der Waals surface area contributed by atoms with E-state index in [0.29, 0.717) is 5.92 Å². The SMILES string of the molecule is CC(C)CC(CO)NCCCn1ccnc1. The summed E-state index contributed by atoms with van der Waals surface area (Å²) >= 11 is 0. The zero-order chi connectivity index (χ0) is 11.8. The number of aliphatic hydroxyl groups excluding tert-OH is 1. The van der Waals surface area contributed by atoms with Crippen LogP contribution in [0.3, 0.4) is 0 Å². The Morgan fingerprint density at radius 2 is 2.25 bits per heavy atom. The third-order valence-corrected chi connectivity index (χ3v) is 2.56. The lowest BCUT2D eigenvalue weighted by atomic mass is 10.0. The molecule has 16 heavy (non-hydrogen) atoms. The van der Waals surface area contributed by atoms with E-state index in [-0.39, 0.29) is 12.6 Å². The first kappa shape index (κ1) is 13.2. The van der Waals surface area contributed by atoms with Gasteiger partial charge in [-0.2, -0.15) is 0 Å². The van der Waals surface area contributed by atoms with Crippen molar-refractivity contribution in [2.75, 3.05) is 13.2 Å². The molecule has 0 aromatic carbocycles. The van der Waals surface area contributed by atoms with Crippen LogP contribution >= 0.6 is 0 Å². The van der Waals surface area contributed by atoms with Gasteiger partial charge in [-0.15, -0.1) is 0 Å². The lowest BCUT2D eigenvalue weighted by Crippen LogP contribution is -2.34. The maximum atomic E-state index is 9.18. The van der Waals surface area contributed by atoms with Gasteiger partial charge in [0.25, 0.3) is 0 Å². The topological polar surface area (TPSA) is 50.1 Å². The summed E-state index contributed by atoms with van der Waals surface area (Å²) in [6.07, 6.45) is 7.69. The monoisotopic (exact) mass is 225 g/mol. The van der Waals surface area contributed by atoms with Crippen molar-refractivity contribution in [3.8, 4) is 0 Å². The van der Waals surface area contributed by atoms with E-state index in [2.05, 4.69) is 28.7 Å². The van der Waals surface area contributed by atoms with Crippen molar-refractivity contribution in [3.05, 3.63) is 18.7 Å². The van der Waals surface area contributed by atoms with Crippen LogP contribution in [-0.2, 0) is 6.54 Å². The van der Waals surface area contributed by atoms with Gasteiger partial charge >= 0.3 is 0 Å². The quantitative estimate of drug-likeness (QED) is 0.655. The minimum atomic E-state index is 0.225. The fourth-order valence-corrected chi connectivity index (χ4v) is 1.78. The molecule has 1 aromatic rings. The number of rotatable bonds is 8. The maximum Gasteiger partial charge on any atom is 0.0945 e. The number of nitrogens with one attached hydrogen (secondary N) is 1. The molecular weight excluding hydrogens is 202 g/mol. The van der Waals surface area contributed by atoms with Crippen LogP contribution < -0.4 is 5.32 Å². The molecule has 0 fully saturated rings. The largest absolute Gasteiger partial charge is 0.395 e. The predicted molar refractivity (Wildman–Crippen MR) is 65.2 cm³/mol. The van der Waals surface area contributed by atoms with Gasteiger partial charge < -0.3 is 15.0 Å². The van der Waals surface area contributed by atoms with Crippen LogP contribution in [0.1, 0.15) is 26.7 Å². The third kappa shape index (κ3) is 5.28. The standard InChI is InChI=1S/C12H23N3O/c1-11(2)8-12(9-16)14-4-3-6-15-7-5-13-10-15/h5,7,10-12,14,16H,3-4,6,8-9H2,1-2H3. The molecule has 0 aliphatic carbocycles. The lowest BCUT2D eigenvalue weighted by molar-refractivity contribution is 0.224. The predicted octanol–water partition coefficient (Wildman–Crippen LogP) is 1.27. The van der Waals surface area contributed by atoms with Gasteiger partial charge in [0.1, 0.15) is 0 Å². The third-order valence-electron chi connectivity index (χ3n) is 2.56. The number of hydrogen-bond donors (Lipinski definition) is 2. The van der Waals surface area contributed by atoms with E-state index >= 15 is 0 Å². The van der Waals surface area contributed by atoms with Gasteiger partial charge in [-0.25, -0.2) is 4.98 Å². The van der Waals surface area contributed by atoms with Gasteiger partial charge in [0, 0.05) is 25.0 Å². The van der Waals surface area contributed by atoms with Gasteiger partial charge in [-0.05, 0) is 25.3 Å². The zero-order valence-corrected chi connectivity index (χ0v) is 10.3. The van der Waals surface area contributed by atoms with E-state index in [1.54, 1.807) is 6.20 Å². The molecule has 1 rings (SSSR count). The Morgan fingerprint density at radius 3 is 2.81 bits per heavy atom. The fourth-order valence-electron chi connectivity index (χ4n) is 1.78. The van der Waals surface area contributed by atoms with Crippen molar-refractivity contribution in [2.45, 2.75) is 39.3 Å². The second kappa shape index (κ2) is 7.41. The summed E-state index contributed by atoms with van der Waals surface area (Å²) in [5.41, 5.74) is 0. The molecule has 0 spiro atoms. The van der Waals surface area contributed by atoms with Crippen molar-refractivity contribution < 1.29 is 5.11 Å². The molecule has 0 saturated heterocycles. The maximum absolute atomic E-state index is 9.18. The molecular formula is C12H23N3O. The van der Waals surface area contributed by atoms with Gasteiger partial charge in [-0.1, -0.05) is 13.8 Å². The molecule has 1 atom stereocenters. The van der Waals surface area contributed by atoms with Crippen LogP contribution in [0.15, 0.2) is 18.7 Å². The van der Waals surface area contributed by atoms with E-state index in [1.807, 2.05) is 12.5 Å². The molecule has 1 unspecified atom stereocenters. The minimum absolute atomic E-state index is 0.225. The molecule has 0 radical (unpaired) electrons. The highest BCUT2D eigenvalue weighted by Crippen LogP contribution is 2.04. The van der Waals surface area contributed by atoms with E-state index in [1.165, 1.54) is 0 Å². The zero-order valence-electron chi connectivity index (χ0n) is 10.3. The van der Waals surface area contributed by atoms with E-state index in [9.17, 15) is 5.11 Å². The molecule has 4 nitrogen and oxygen atoms in total. The highest BCUT2D eigenvalue weighted by Gasteiger charge is 2.07. The summed E-state index contributed by atoms with van der Waals surface area (Å²) in [5, 5.41) is 12.6. The molecule has 0 aliphatic rings. The number of nitrogens with zero attached hydrogens (tertiary/aromatic N) is 2. The summed E-state index contributed by atoms with van der Waals surface area (Å²) < 4.78 is 2.07. The van der Waals surface area contributed by atoms with Crippen molar-refractivity contribution >= 4 is 0 Å². The Kier molecular flexibility index (Phi) is 6.11. The van der Waals surface area contributed by atoms with Crippen LogP contribution in [0.5, 0.6) is 0 Å². The summed E-state index contributed by atoms with van der Waals surface area (Å²) in [6.45, 7) is 6.50. The summed E-state index contributed by atoms with van der Waals surface area (Å²) in [4.78, 5) is 3.99. The Balaban J connectivity index is 2.09. The van der Waals surface area contributed by atoms with Crippen molar-refractivity contribution in [2.24, 2.45) is 5.92 Å². The van der Waals surface area contributed by atoms with Gasteiger partial charge in [0.05, 0.1) is 12.9 Å². The molecule has 0 saturated carbocycles. The van der Waals surface area contributed by atoms with E-state index in [4.69, 9.17) is 0 Å². The highest BCUT2D eigenvalue weighted by atomic mass is 16.3. The Labute approximate surface area is 97.7 Å². The Morgan fingerprint density at radius 1 is 1.44 bits per heavy atom. The van der Waals surface area contributed by atoms with Gasteiger partial charge in [-0.3, -0.25) is 0 Å². The van der Waals surface area contributed by atoms with Crippen LogP contribution in [0.2, 0.25) is 0 Å². The number of aliphatic hydroxyl groups is 1. The average molecular weight is 225 g/mol. The molecule has 1 heterocycles. The van der Waals surface area contributed by atoms with Crippen molar-refractivity contribution in [3.63, 3.8) is 0 Å². The first-order valence-corrected chi connectivity index (χ1v) is 6.02. The minimum Gasteiger partial charge on any atom is -0.395 e. The highest BCUT2D eigenvalue weighted by molar-refractivity contribution is 4.74. The van der Waals surface area contributed by atoms with Crippen LogP contribution in [-0.4, -0.2) is 33.9 Å². The number of aromatic nitrogens is 2. The first-order valence-electron chi connectivity index (χ1n) is 6.02. The molecule has 0 aliphatic heterocycles. The smallest absolute Gasteiger partial charge is 0.0945 e. The molecule has 92 valence electrons. The molecule has 2 N–H and O–H groups in total. The van der Waals surface area contributed by atoms with Crippen molar-refractivity contribution in [1.82, 2.24) is 14.9 Å². The van der Waals surface area contributed by atoms with Crippen LogP contribution in [0, 0.1) is 5.92 Å². The normalized spacial score (nSPS) is 13.2. The second-order valence-electron chi connectivity index (χ2n) is 4.62. The molecule has 1 aromatic heterocycles. The summed E-state index contributed by atoms with van der Waals surface area (Å²) in [6, 6.07) is 0.239. The first-order chi connectivity index (χ1) is 7.72. The molecule has 0 amide bonds. The average Bonchev–Trinajstić information content (AvgIpc) is 2.74. The van der Waals surface area contributed by atoms with Crippen LogP contribution in [0.25, 0.3) is 0 Å². The number of imidazole rings is 1. The van der Waals surface area contributed by atoms with Gasteiger partial charge in [0.15, 0.2) is 0 Å². The molecule has 0 bridgehead atoms. The number of hydrogen-bond acceptors (Lipinski definition) is 3. The van der Waals surface area contributed by atoms with E-state index in [0.717, 1.165) is 25.9 Å². The lowest BCUT2D eigenvalue weighted by Gasteiger charge is -2.18. The van der Waals surface area contributed by atoms with Gasteiger partial charge in [0.2, 0.25) is 0 Å². The van der Waals surface area contributed by atoms with Crippen molar-refractivity contribution in [1.29, 1.82) is 0 Å². The van der Waals surface area contributed by atoms with Crippen LogP contribution in [0.4, 0.5) is 0 Å². The second-order valence-corrected chi connectivity index (χ2v) is 4.62. The Hall–Kier alpha value is -0.870. The van der Waals surface area contributed by atoms with E-state index < -0.39 is 0 Å². The fraction of sp³-hybridized carbons (Fsp3) is 0.750. The summed E-state index contributed by atoms with van der Waals surface area (Å²) in [7, 11) is 0. The summed E-state index contributed by atoms with van der Waals surface area (Å²) in [5.74, 6) is 0.623. The number of aryl methyl sites for hydroxylation is 1.